The molecule has 2 aromatic carbocycles. The minimum absolute atomic E-state index is 0.122. The van der Waals surface area contributed by atoms with Crippen molar-refractivity contribution in [1.82, 2.24) is 10.3 Å². The Balaban J connectivity index is 1.76. The first kappa shape index (κ1) is 21.3. The summed E-state index contributed by atoms with van der Waals surface area (Å²) in [4.78, 5) is 30.6. The van der Waals surface area contributed by atoms with Crippen LogP contribution in [0.1, 0.15) is 36.2 Å². The summed E-state index contributed by atoms with van der Waals surface area (Å²) < 4.78 is 27.2. The normalized spacial score (nSPS) is 18.6. The summed E-state index contributed by atoms with van der Waals surface area (Å²) in [5, 5.41) is 3.59. The molecule has 1 amide bonds. The van der Waals surface area contributed by atoms with E-state index in [1.165, 1.54) is 35.6 Å². The van der Waals surface area contributed by atoms with Crippen LogP contribution in [0.2, 0.25) is 0 Å². The second kappa shape index (κ2) is 8.64. The van der Waals surface area contributed by atoms with E-state index in [-0.39, 0.29) is 17.9 Å². The van der Waals surface area contributed by atoms with Crippen LogP contribution in [-0.2, 0) is 4.79 Å². The van der Waals surface area contributed by atoms with Crippen LogP contribution >= 0.6 is 11.3 Å². The summed E-state index contributed by atoms with van der Waals surface area (Å²) in [6.45, 7) is 0.604. The monoisotopic (exact) mass is 441 g/mol. The van der Waals surface area contributed by atoms with E-state index in [9.17, 15) is 18.4 Å². The molecule has 1 aliphatic rings. The summed E-state index contributed by atoms with van der Waals surface area (Å²) in [5.41, 5.74) is 5.86. The molecule has 1 unspecified atom stereocenters. The second-order valence-electron chi connectivity index (χ2n) is 7.64. The molecule has 31 heavy (non-hydrogen) atoms. The summed E-state index contributed by atoms with van der Waals surface area (Å²) in [6.07, 6.45) is 2.05. The predicted molar refractivity (Wildman–Crippen MR) is 116 cm³/mol. The molecular formula is C23H21F2N3O2S. The number of carbonyl (C=O) groups excluding carboxylic acids is 2. The lowest BCUT2D eigenvalue weighted by molar-refractivity contribution is -0.125. The number of ketones is 1. The fraction of sp³-hybridized carbons (Fsp3) is 0.261. The lowest BCUT2D eigenvalue weighted by atomic mass is 9.83. The molecule has 3 N–H and O–H groups in total. The van der Waals surface area contributed by atoms with Crippen LogP contribution in [0.25, 0.3) is 21.0 Å². The lowest BCUT2D eigenvalue weighted by Gasteiger charge is -2.34. The minimum Gasteiger partial charge on any atom is -0.368 e. The summed E-state index contributed by atoms with van der Waals surface area (Å²) >= 11 is 1.22. The van der Waals surface area contributed by atoms with Gasteiger partial charge in [0.2, 0.25) is 5.91 Å². The van der Waals surface area contributed by atoms with Crippen molar-refractivity contribution in [3.63, 3.8) is 0 Å². The van der Waals surface area contributed by atoms with E-state index in [0.717, 1.165) is 12.8 Å². The number of amides is 1. The van der Waals surface area contributed by atoms with Crippen molar-refractivity contribution in [3.05, 3.63) is 65.9 Å². The highest BCUT2D eigenvalue weighted by molar-refractivity contribution is 7.18. The van der Waals surface area contributed by atoms with E-state index in [0.29, 0.717) is 34.0 Å². The molecular weight excluding hydrogens is 420 g/mol. The zero-order valence-electron chi connectivity index (χ0n) is 16.7. The Morgan fingerprint density at radius 3 is 2.48 bits per heavy atom. The van der Waals surface area contributed by atoms with Crippen molar-refractivity contribution >= 4 is 23.0 Å². The van der Waals surface area contributed by atoms with Crippen molar-refractivity contribution in [3.8, 4) is 21.0 Å². The van der Waals surface area contributed by atoms with Gasteiger partial charge in [-0.05, 0) is 55.6 Å². The Morgan fingerprint density at radius 2 is 1.84 bits per heavy atom. The number of primary amides is 1. The molecule has 8 heteroatoms. The number of halogens is 2. The van der Waals surface area contributed by atoms with Crippen molar-refractivity contribution in [2.75, 3.05) is 6.54 Å². The minimum atomic E-state index is -1.11. The van der Waals surface area contributed by atoms with Crippen LogP contribution in [0.5, 0.6) is 0 Å². The van der Waals surface area contributed by atoms with E-state index in [2.05, 4.69) is 10.3 Å². The third-order valence-corrected chi connectivity index (χ3v) is 6.65. The van der Waals surface area contributed by atoms with Gasteiger partial charge in [-0.2, -0.15) is 0 Å². The predicted octanol–water partition coefficient (Wildman–Crippen LogP) is 4.33. The van der Waals surface area contributed by atoms with Crippen molar-refractivity contribution in [2.24, 2.45) is 5.73 Å². The number of hydrogen-bond acceptors (Lipinski definition) is 5. The fourth-order valence-electron chi connectivity index (χ4n) is 3.82. The first-order valence-corrected chi connectivity index (χ1v) is 10.8. The molecule has 160 valence electrons. The number of hydrogen-bond donors (Lipinski definition) is 2. The third kappa shape index (κ3) is 4.40. The molecule has 0 spiro atoms. The molecule has 0 radical (unpaired) electrons. The summed E-state index contributed by atoms with van der Waals surface area (Å²) in [5.74, 6) is -1.72. The zero-order valence-corrected chi connectivity index (χ0v) is 17.5. The molecule has 0 saturated carbocycles. The Hall–Kier alpha value is -2.97. The number of Topliss-reactive ketones (excluding diaryl/α,β-unsaturated/α-hetero) is 1. The highest BCUT2D eigenvalue weighted by Gasteiger charge is 2.40. The quantitative estimate of drug-likeness (QED) is 0.558. The number of nitrogens with zero attached hydrogens (tertiary/aromatic N) is 1. The number of nitrogens with two attached hydrogens (primary N) is 1. The van der Waals surface area contributed by atoms with E-state index in [1.807, 2.05) is 0 Å². The van der Waals surface area contributed by atoms with Crippen molar-refractivity contribution < 1.29 is 18.4 Å². The Labute approximate surface area is 182 Å². The van der Waals surface area contributed by atoms with E-state index < -0.39 is 23.1 Å². The van der Waals surface area contributed by atoms with Crippen LogP contribution in [0, 0.1) is 11.6 Å². The van der Waals surface area contributed by atoms with Gasteiger partial charge in [-0.3, -0.25) is 9.59 Å². The maximum Gasteiger partial charge on any atom is 0.238 e. The highest BCUT2D eigenvalue weighted by atomic mass is 32.1. The van der Waals surface area contributed by atoms with Gasteiger partial charge in [0.25, 0.3) is 0 Å². The van der Waals surface area contributed by atoms with Gasteiger partial charge in [0.05, 0.1) is 4.88 Å². The lowest BCUT2D eigenvalue weighted by Crippen LogP contribution is -2.58. The second-order valence-corrected chi connectivity index (χ2v) is 8.64. The molecule has 1 saturated heterocycles. The fourth-order valence-corrected chi connectivity index (χ4v) is 4.91. The number of nitrogens with one attached hydrogen (secondary N) is 1. The van der Waals surface area contributed by atoms with Crippen LogP contribution < -0.4 is 11.1 Å². The smallest absolute Gasteiger partial charge is 0.238 e. The first-order chi connectivity index (χ1) is 14.9. The number of rotatable bonds is 6. The third-order valence-electron chi connectivity index (χ3n) is 5.50. The van der Waals surface area contributed by atoms with Gasteiger partial charge in [0.1, 0.15) is 27.9 Å². The van der Waals surface area contributed by atoms with Gasteiger partial charge in [0.15, 0.2) is 5.78 Å². The highest BCUT2D eigenvalue weighted by Crippen LogP contribution is 2.37. The number of carbonyl (C=O) groups is 2. The van der Waals surface area contributed by atoms with Gasteiger partial charge in [-0.1, -0.05) is 24.3 Å². The average Bonchev–Trinajstić information content (AvgIpc) is 3.20. The van der Waals surface area contributed by atoms with Gasteiger partial charge >= 0.3 is 0 Å². The van der Waals surface area contributed by atoms with E-state index in [4.69, 9.17) is 5.73 Å². The molecule has 1 atom stereocenters. The van der Waals surface area contributed by atoms with E-state index in [1.54, 1.807) is 24.3 Å². The number of aromatic nitrogens is 1. The number of piperidine rings is 1. The Bertz CT molecular complexity index is 1120. The van der Waals surface area contributed by atoms with Crippen LogP contribution in [0.4, 0.5) is 8.78 Å². The molecule has 3 aromatic rings. The topological polar surface area (TPSA) is 85.1 Å². The average molecular weight is 442 g/mol. The molecule has 0 bridgehead atoms. The maximum atomic E-state index is 13.7. The molecule has 0 aliphatic carbocycles. The number of benzene rings is 2. The number of thiazole rings is 1. The molecule has 1 aliphatic heterocycles. The van der Waals surface area contributed by atoms with Crippen molar-refractivity contribution in [2.45, 2.75) is 31.2 Å². The summed E-state index contributed by atoms with van der Waals surface area (Å²) in [7, 11) is 0. The summed E-state index contributed by atoms with van der Waals surface area (Å²) in [6, 6.07) is 11.7. The molecule has 1 fully saturated rings. The van der Waals surface area contributed by atoms with Crippen LogP contribution in [-0.4, -0.2) is 28.8 Å². The van der Waals surface area contributed by atoms with Crippen LogP contribution in [0.15, 0.2) is 48.5 Å². The van der Waals surface area contributed by atoms with Gasteiger partial charge in [-0.15, -0.1) is 11.3 Å². The van der Waals surface area contributed by atoms with Gasteiger partial charge < -0.3 is 11.1 Å². The standard InChI is InChI=1S/C23H21F2N3O2S/c24-16-8-6-14(7-9-16)20-19(28-21(31-20)15-4-3-5-17(25)12-15)18(29)13-23(22(26)30)10-1-2-11-27-23/h3-9,12,27H,1-2,10-11,13H2,(H2,26,30). The van der Waals surface area contributed by atoms with Crippen molar-refractivity contribution in [1.29, 1.82) is 0 Å². The molecule has 2 heterocycles. The van der Waals surface area contributed by atoms with Crippen LogP contribution in [0.3, 0.4) is 0 Å². The molecule has 4 rings (SSSR count). The molecule has 5 nitrogen and oxygen atoms in total. The zero-order chi connectivity index (χ0) is 22.0. The van der Waals surface area contributed by atoms with Gasteiger partial charge in [0, 0.05) is 12.0 Å². The van der Waals surface area contributed by atoms with E-state index >= 15 is 0 Å². The molecule has 1 aromatic heterocycles. The maximum absolute atomic E-state index is 13.7. The Morgan fingerprint density at radius 1 is 1.06 bits per heavy atom. The first-order valence-electron chi connectivity index (χ1n) is 9.99. The Kier molecular flexibility index (Phi) is 5.93. The van der Waals surface area contributed by atoms with Gasteiger partial charge in [-0.25, -0.2) is 13.8 Å². The largest absolute Gasteiger partial charge is 0.368 e. The SMILES string of the molecule is NC(=O)C1(CC(=O)c2nc(-c3cccc(F)c3)sc2-c2ccc(F)cc2)CCCCN1.